The molecule has 0 aliphatic carbocycles. The van der Waals surface area contributed by atoms with Gasteiger partial charge in [-0.25, -0.2) is 0 Å². The van der Waals surface area contributed by atoms with E-state index in [0.29, 0.717) is 17.9 Å². The molecule has 1 aromatic rings. The van der Waals surface area contributed by atoms with Crippen LogP contribution in [0, 0.1) is 5.92 Å². The van der Waals surface area contributed by atoms with Gasteiger partial charge in [-0.15, -0.1) is 0 Å². The van der Waals surface area contributed by atoms with Crippen LogP contribution in [-0.4, -0.2) is 22.6 Å². The van der Waals surface area contributed by atoms with Gasteiger partial charge in [0.15, 0.2) is 0 Å². The lowest BCUT2D eigenvalue weighted by atomic mass is 9.96. The highest BCUT2D eigenvalue weighted by molar-refractivity contribution is 6.30. The van der Waals surface area contributed by atoms with E-state index >= 15 is 0 Å². The number of aryl methyl sites for hydroxylation is 1. The first-order valence-electron chi connectivity index (χ1n) is 7.36. The number of esters is 1. The second-order valence-corrected chi connectivity index (χ2v) is 6.78. The monoisotopic (exact) mass is 326 g/mol. The quantitative estimate of drug-likeness (QED) is 0.766. The van der Waals surface area contributed by atoms with Crippen molar-refractivity contribution < 1.29 is 19.4 Å². The van der Waals surface area contributed by atoms with Crippen LogP contribution in [-0.2, 0) is 20.7 Å². The summed E-state index contributed by atoms with van der Waals surface area (Å²) in [6, 6.07) is 7.47. The number of ether oxygens (including phenoxy) is 1. The van der Waals surface area contributed by atoms with E-state index in [2.05, 4.69) is 0 Å². The topological polar surface area (TPSA) is 63.6 Å². The molecule has 4 nitrogen and oxygen atoms in total. The minimum absolute atomic E-state index is 0.0901. The van der Waals surface area contributed by atoms with Gasteiger partial charge in [0.1, 0.15) is 5.60 Å². The number of carbonyl (C=O) groups excluding carboxylic acids is 1. The molecule has 1 rings (SSSR count). The van der Waals surface area contributed by atoms with Crippen molar-refractivity contribution in [3.63, 3.8) is 0 Å². The number of aliphatic carboxylic acids is 1. The Labute approximate surface area is 136 Å². The van der Waals surface area contributed by atoms with Crippen molar-refractivity contribution in [3.05, 3.63) is 34.9 Å². The van der Waals surface area contributed by atoms with Gasteiger partial charge in [-0.05, 0) is 57.7 Å². The number of hydrogen-bond acceptors (Lipinski definition) is 3. The minimum atomic E-state index is -0.957. The summed E-state index contributed by atoms with van der Waals surface area (Å²) in [6.07, 6.45) is 1.81. The summed E-state index contributed by atoms with van der Waals surface area (Å²) in [7, 11) is 0. The predicted molar refractivity (Wildman–Crippen MR) is 86.0 cm³/mol. The number of carbonyl (C=O) groups is 2. The van der Waals surface area contributed by atoms with Crippen molar-refractivity contribution >= 4 is 23.5 Å². The number of hydrogen-bond donors (Lipinski definition) is 1. The lowest BCUT2D eigenvalue weighted by Crippen LogP contribution is -2.27. The largest absolute Gasteiger partial charge is 0.481 e. The van der Waals surface area contributed by atoms with Crippen LogP contribution in [0.5, 0.6) is 0 Å². The molecule has 0 heterocycles. The van der Waals surface area contributed by atoms with Crippen molar-refractivity contribution in [2.75, 3.05) is 0 Å². The van der Waals surface area contributed by atoms with Crippen LogP contribution >= 0.6 is 11.6 Å². The lowest BCUT2D eigenvalue weighted by Gasteiger charge is -2.21. The van der Waals surface area contributed by atoms with E-state index < -0.39 is 23.5 Å². The predicted octanol–water partition coefficient (Wildman–Crippen LogP) is 4.10. The molecule has 0 aliphatic heterocycles. The van der Waals surface area contributed by atoms with Crippen molar-refractivity contribution in [2.45, 2.75) is 52.1 Å². The Bertz CT molecular complexity index is 502. The van der Waals surface area contributed by atoms with E-state index in [4.69, 9.17) is 16.3 Å². The first-order chi connectivity index (χ1) is 10.2. The van der Waals surface area contributed by atoms with Crippen LogP contribution in [0.4, 0.5) is 0 Å². The highest BCUT2D eigenvalue weighted by Gasteiger charge is 2.24. The SMILES string of the molecule is CC(C)(C)OC(=O)C[C@@H](CCCc1ccc(Cl)cc1)C(=O)O. The normalized spacial score (nSPS) is 12.7. The molecule has 22 heavy (non-hydrogen) atoms. The maximum absolute atomic E-state index is 11.7. The summed E-state index contributed by atoms with van der Waals surface area (Å²) < 4.78 is 5.18. The van der Waals surface area contributed by atoms with E-state index in [-0.39, 0.29) is 6.42 Å². The Morgan fingerprint density at radius 3 is 2.32 bits per heavy atom. The number of rotatable bonds is 7. The van der Waals surface area contributed by atoms with E-state index in [0.717, 1.165) is 12.0 Å². The fourth-order valence-electron chi connectivity index (χ4n) is 2.10. The van der Waals surface area contributed by atoms with Crippen LogP contribution in [0.15, 0.2) is 24.3 Å². The van der Waals surface area contributed by atoms with E-state index in [9.17, 15) is 14.7 Å². The number of halogens is 1. The Balaban J connectivity index is 2.46. The molecule has 0 spiro atoms. The number of benzene rings is 1. The zero-order valence-electron chi connectivity index (χ0n) is 13.3. The van der Waals surface area contributed by atoms with Crippen LogP contribution in [0.1, 0.15) is 45.6 Å². The van der Waals surface area contributed by atoms with Crippen LogP contribution < -0.4 is 0 Å². The highest BCUT2D eigenvalue weighted by atomic mass is 35.5. The molecular formula is C17H23ClO4. The lowest BCUT2D eigenvalue weighted by molar-refractivity contribution is -0.160. The van der Waals surface area contributed by atoms with Crippen molar-refractivity contribution in [3.8, 4) is 0 Å². The molecule has 0 aromatic heterocycles. The van der Waals surface area contributed by atoms with Gasteiger partial charge < -0.3 is 9.84 Å². The molecule has 0 aliphatic rings. The molecule has 122 valence electrons. The fourth-order valence-corrected chi connectivity index (χ4v) is 2.23. The third-order valence-corrected chi connectivity index (χ3v) is 3.37. The maximum atomic E-state index is 11.7. The molecule has 0 fully saturated rings. The van der Waals surface area contributed by atoms with E-state index in [1.165, 1.54) is 0 Å². The third-order valence-electron chi connectivity index (χ3n) is 3.11. The van der Waals surface area contributed by atoms with Gasteiger partial charge in [-0.2, -0.15) is 0 Å². The molecule has 1 atom stereocenters. The average molecular weight is 327 g/mol. The van der Waals surface area contributed by atoms with Crippen LogP contribution in [0.3, 0.4) is 0 Å². The Morgan fingerprint density at radius 2 is 1.82 bits per heavy atom. The molecular weight excluding hydrogens is 304 g/mol. The van der Waals surface area contributed by atoms with Gasteiger partial charge in [-0.1, -0.05) is 23.7 Å². The first kappa shape index (κ1) is 18.5. The Hall–Kier alpha value is -1.55. The van der Waals surface area contributed by atoms with Crippen LogP contribution in [0.25, 0.3) is 0 Å². The van der Waals surface area contributed by atoms with Crippen LogP contribution in [0.2, 0.25) is 5.02 Å². The summed E-state index contributed by atoms with van der Waals surface area (Å²) in [4.78, 5) is 23.0. The van der Waals surface area contributed by atoms with Crippen molar-refractivity contribution in [1.82, 2.24) is 0 Å². The summed E-state index contributed by atoms with van der Waals surface area (Å²) in [5.74, 6) is -2.13. The molecule has 0 amide bonds. The second kappa shape index (κ2) is 8.18. The van der Waals surface area contributed by atoms with Gasteiger partial charge in [0, 0.05) is 5.02 Å². The van der Waals surface area contributed by atoms with Gasteiger partial charge >= 0.3 is 11.9 Å². The fraction of sp³-hybridized carbons (Fsp3) is 0.529. The molecule has 0 radical (unpaired) electrons. The summed E-state index contributed by atoms with van der Waals surface area (Å²) >= 11 is 5.82. The van der Waals surface area contributed by atoms with Gasteiger partial charge in [0.25, 0.3) is 0 Å². The summed E-state index contributed by atoms with van der Waals surface area (Å²) in [5, 5.41) is 9.91. The molecule has 5 heteroatoms. The maximum Gasteiger partial charge on any atom is 0.307 e. The van der Waals surface area contributed by atoms with Crippen molar-refractivity contribution in [2.24, 2.45) is 5.92 Å². The number of carboxylic acid groups (broad SMARTS) is 1. The first-order valence-corrected chi connectivity index (χ1v) is 7.74. The average Bonchev–Trinajstić information content (AvgIpc) is 2.37. The zero-order chi connectivity index (χ0) is 16.8. The zero-order valence-corrected chi connectivity index (χ0v) is 14.0. The van der Waals surface area contributed by atoms with E-state index in [1.807, 2.05) is 24.3 Å². The third kappa shape index (κ3) is 7.46. The van der Waals surface area contributed by atoms with Crippen molar-refractivity contribution in [1.29, 1.82) is 0 Å². The molecule has 1 aromatic carbocycles. The Kier molecular flexibility index (Phi) is 6.88. The smallest absolute Gasteiger partial charge is 0.307 e. The summed E-state index contributed by atoms with van der Waals surface area (Å²) in [5.41, 5.74) is 0.509. The van der Waals surface area contributed by atoms with E-state index in [1.54, 1.807) is 20.8 Å². The molecule has 1 N–H and O–H groups in total. The Morgan fingerprint density at radius 1 is 1.23 bits per heavy atom. The highest BCUT2D eigenvalue weighted by Crippen LogP contribution is 2.18. The molecule has 0 saturated heterocycles. The van der Waals surface area contributed by atoms with Gasteiger partial charge in [0.05, 0.1) is 12.3 Å². The second-order valence-electron chi connectivity index (χ2n) is 6.34. The summed E-state index contributed by atoms with van der Waals surface area (Å²) in [6.45, 7) is 5.30. The molecule has 0 unspecified atom stereocenters. The standard InChI is InChI=1S/C17H23ClO4/c1-17(2,3)22-15(19)11-13(16(20)21)6-4-5-12-7-9-14(18)10-8-12/h7-10,13H,4-6,11H2,1-3H3,(H,20,21)/t13-/m1/s1. The molecule has 0 saturated carbocycles. The minimum Gasteiger partial charge on any atom is -0.481 e. The number of carboxylic acids is 1. The van der Waals surface area contributed by atoms with Gasteiger partial charge in [0.2, 0.25) is 0 Å². The molecule has 0 bridgehead atoms. The van der Waals surface area contributed by atoms with Gasteiger partial charge in [-0.3, -0.25) is 9.59 Å².